The molecule has 4 heteroatoms. The van der Waals surface area contributed by atoms with Crippen molar-refractivity contribution in [1.82, 2.24) is 4.90 Å². The molecule has 1 amide bonds. The van der Waals surface area contributed by atoms with Crippen molar-refractivity contribution < 1.29 is 4.79 Å². The standard InChI is InChI=1S/C14H17Br2NO/c1-9-5-6-17(13(9)8-15)14(18)12-4-3-11(16)7-10(12)2/h3-4,7,9,13H,5-6,8H2,1-2H3. The number of nitrogens with zero attached hydrogens (tertiary/aromatic N) is 1. The summed E-state index contributed by atoms with van der Waals surface area (Å²) in [6.45, 7) is 5.07. The Kier molecular flexibility index (Phi) is 4.49. The Morgan fingerprint density at radius 1 is 1.50 bits per heavy atom. The third kappa shape index (κ3) is 2.64. The molecular formula is C14H17Br2NO. The van der Waals surface area contributed by atoms with Crippen LogP contribution in [0.3, 0.4) is 0 Å². The summed E-state index contributed by atoms with van der Waals surface area (Å²) in [6, 6.07) is 6.16. The number of benzene rings is 1. The minimum atomic E-state index is 0.161. The van der Waals surface area contributed by atoms with Crippen molar-refractivity contribution in [2.75, 3.05) is 11.9 Å². The van der Waals surface area contributed by atoms with Crippen LogP contribution < -0.4 is 0 Å². The van der Waals surface area contributed by atoms with Crippen LogP contribution in [-0.2, 0) is 0 Å². The molecule has 0 N–H and O–H groups in total. The number of carbonyl (C=O) groups excluding carboxylic acids is 1. The molecule has 0 saturated carbocycles. The molecule has 1 aromatic carbocycles. The molecule has 0 aromatic heterocycles. The van der Waals surface area contributed by atoms with Crippen LogP contribution in [0.15, 0.2) is 22.7 Å². The van der Waals surface area contributed by atoms with Crippen LogP contribution in [0.25, 0.3) is 0 Å². The second-order valence-corrected chi connectivity index (χ2v) is 6.51. The number of amides is 1. The first-order valence-electron chi connectivity index (χ1n) is 6.17. The molecule has 2 nitrogen and oxygen atoms in total. The quantitative estimate of drug-likeness (QED) is 0.716. The summed E-state index contributed by atoms with van der Waals surface area (Å²) >= 11 is 6.96. The maximum atomic E-state index is 12.6. The Labute approximate surface area is 125 Å². The number of alkyl halides is 1. The van der Waals surface area contributed by atoms with Crippen LogP contribution in [0.5, 0.6) is 0 Å². The van der Waals surface area contributed by atoms with Crippen LogP contribution in [0, 0.1) is 12.8 Å². The van der Waals surface area contributed by atoms with Crippen molar-refractivity contribution in [3.63, 3.8) is 0 Å². The van der Waals surface area contributed by atoms with E-state index in [1.54, 1.807) is 0 Å². The number of halogens is 2. The van der Waals surface area contributed by atoms with Gasteiger partial charge in [0.15, 0.2) is 0 Å². The molecule has 18 heavy (non-hydrogen) atoms. The molecule has 1 aliphatic heterocycles. The summed E-state index contributed by atoms with van der Waals surface area (Å²) < 4.78 is 1.02. The van der Waals surface area contributed by atoms with Gasteiger partial charge in [-0.1, -0.05) is 38.8 Å². The van der Waals surface area contributed by atoms with Crippen molar-refractivity contribution in [3.05, 3.63) is 33.8 Å². The third-order valence-electron chi connectivity index (χ3n) is 3.72. The highest BCUT2D eigenvalue weighted by Crippen LogP contribution is 2.28. The number of hydrogen-bond acceptors (Lipinski definition) is 1. The molecule has 0 radical (unpaired) electrons. The lowest BCUT2D eigenvalue weighted by atomic mass is 10.0. The largest absolute Gasteiger partial charge is 0.335 e. The highest BCUT2D eigenvalue weighted by atomic mass is 79.9. The maximum absolute atomic E-state index is 12.6. The van der Waals surface area contributed by atoms with Crippen LogP contribution in [-0.4, -0.2) is 28.7 Å². The van der Waals surface area contributed by atoms with Gasteiger partial charge in [-0.05, 0) is 43.0 Å². The van der Waals surface area contributed by atoms with E-state index in [1.165, 1.54) is 0 Å². The van der Waals surface area contributed by atoms with Gasteiger partial charge in [0.2, 0.25) is 0 Å². The van der Waals surface area contributed by atoms with Gasteiger partial charge in [0.1, 0.15) is 0 Å². The van der Waals surface area contributed by atoms with E-state index in [0.717, 1.165) is 33.9 Å². The molecule has 2 rings (SSSR count). The van der Waals surface area contributed by atoms with Gasteiger partial charge in [0.25, 0.3) is 5.91 Å². The van der Waals surface area contributed by atoms with Crippen molar-refractivity contribution in [1.29, 1.82) is 0 Å². The first-order valence-corrected chi connectivity index (χ1v) is 8.09. The number of carbonyl (C=O) groups is 1. The normalized spacial score (nSPS) is 23.4. The average molecular weight is 375 g/mol. The van der Waals surface area contributed by atoms with Crippen molar-refractivity contribution in [3.8, 4) is 0 Å². The molecule has 2 atom stereocenters. The monoisotopic (exact) mass is 373 g/mol. The fraction of sp³-hybridized carbons (Fsp3) is 0.500. The predicted octanol–water partition coefficient (Wildman–Crippen LogP) is 4.00. The number of hydrogen-bond donors (Lipinski definition) is 0. The second kappa shape index (κ2) is 5.74. The summed E-state index contributed by atoms with van der Waals surface area (Å²) in [5.74, 6) is 0.734. The first-order chi connectivity index (χ1) is 8.54. The SMILES string of the molecule is Cc1cc(Br)ccc1C(=O)N1CCC(C)C1CBr. The Balaban J connectivity index is 2.26. The molecule has 1 heterocycles. The summed E-state index contributed by atoms with van der Waals surface area (Å²) in [5, 5.41) is 0.857. The molecule has 0 aliphatic carbocycles. The lowest BCUT2D eigenvalue weighted by Crippen LogP contribution is -2.38. The van der Waals surface area contributed by atoms with Crippen molar-refractivity contribution >= 4 is 37.8 Å². The molecule has 1 aromatic rings. The van der Waals surface area contributed by atoms with Crippen LogP contribution in [0.2, 0.25) is 0 Å². The summed E-state index contributed by atoms with van der Waals surface area (Å²) in [6.07, 6.45) is 1.09. The van der Waals surface area contributed by atoms with Gasteiger partial charge in [-0.25, -0.2) is 0 Å². The smallest absolute Gasteiger partial charge is 0.254 e. The number of likely N-dealkylation sites (tertiary alicyclic amines) is 1. The van der Waals surface area contributed by atoms with E-state index >= 15 is 0 Å². The molecule has 1 fully saturated rings. The van der Waals surface area contributed by atoms with Gasteiger partial charge >= 0.3 is 0 Å². The van der Waals surface area contributed by atoms with Gasteiger partial charge in [0.05, 0.1) is 0 Å². The van der Waals surface area contributed by atoms with E-state index in [2.05, 4.69) is 38.8 Å². The topological polar surface area (TPSA) is 20.3 Å². The van der Waals surface area contributed by atoms with Crippen molar-refractivity contribution in [2.24, 2.45) is 5.92 Å². The van der Waals surface area contributed by atoms with Crippen LogP contribution in [0.1, 0.15) is 29.3 Å². The van der Waals surface area contributed by atoms with E-state index in [0.29, 0.717) is 12.0 Å². The Bertz CT molecular complexity index is 461. The van der Waals surface area contributed by atoms with E-state index in [4.69, 9.17) is 0 Å². The number of aryl methyl sites for hydroxylation is 1. The fourth-order valence-electron chi connectivity index (χ4n) is 2.52. The van der Waals surface area contributed by atoms with Gasteiger partial charge in [-0.3, -0.25) is 4.79 Å². The van der Waals surface area contributed by atoms with Crippen LogP contribution >= 0.6 is 31.9 Å². The first kappa shape index (κ1) is 14.1. The third-order valence-corrected chi connectivity index (χ3v) is 4.88. The molecule has 0 spiro atoms. The van der Waals surface area contributed by atoms with E-state index in [9.17, 15) is 4.79 Å². The zero-order valence-corrected chi connectivity index (χ0v) is 13.8. The predicted molar refractivity (Wildman–Crippen MR) is 81.3 cm³/mol. The Hall–Kier alpha value is -0.350. The zero-order chi connectivity index (χ0) is 13.3. The molecule has 1 aliphatic rings. The molecule has 0 bridgehead atoms. The summed E-state index contributed by atoms with van der Waals surface area (Å²) in [7, 11) is 0. The van der Waals surface area contributed by atoms with E-state index in [-0.39, 0.29) is 5.91 Å². The van der Waals surface area contributed by atoms with Crippen LogP contribution in [0.4, 0.5) is 0 Å². The Morgan fingerprint density at radius 3 is 2.83 bits per heavy atom. The van der Waals surface area contributed by atoms with Crippen molar-refractivity contribution in [2.45, 2.75) is 26.3 Å². The number of rotatable bonds is 2. The minimum absolute atomic E-state index is 0.161. The second-order valence-electron chi connectivity index (χ2n) is 4.95. The fourth-order valence-corrected chi connectivity index (χ4v) is 3.98. The average Bonchev–Trinajstić information content (AvgIpc) is 2.69. The zero-order valence-electron chi connectivity index (χ0n) is 10.6. The van der Waals surface area contributed by atoms with Gasteiger partial charge in [-0.15, -0.1) is 0 Å². The molecule has 98 valence electrons. The summed E-state index contributed by atoms with van der Waals surface area (Å²) in [5.41, 5.74) is 1.85. The lowest BCUT2D eigenvalue weighted by Gasteiger charge is -2.26. The Morgan fingerprint density at radius 2 is 2.22 bits per heavy atom. The highest BCUT2D eigenvalue weighted by molar-refractivity contribution is 9.10. The molecule has 2 unspecified atom stereocenters. The molecular weight excluding hydrogens is 358 g/mol. The van der Waals surface area contributed by atoms with Gasteiger partial charge in [-0.2, -0.15) is 0 Å². The highest BCUT2D eigenvalue weighted by Gasteiger charge is 2.34. The van der Waals surface area contributed by atoms with Gasteiger partial charge in [0, 0.05) is 28.0 Å². The van der Waals surface area contributed by atoms with E-state index < -0.39 is 0 Å². The lowest BCUT2D eigenvalue weighted by molar-refractivity contribution is 0.0738. The van der Waals surface area contributed by atoms with Gasteiger partial charge < -0.3 is 4.90 Å². The maximum Gasteiger partial charge on any atom is 0.254 e. The molecule has 1 saturated heterocycles. The minimum Gasteiger partial charge on any atom is -0.335 e. The van der Waals surface area contributed by atoms with E-state index in [1.807, 2.05) is 30.0 Å². The summed E-state index contributed by atoms with van der Waals surface area (Å²) in [4.78, 5) is 14.6.